The van der Waals surface area contributed by atoms with E-state index in [9.17, 15) is 14.4 Å². The number of H-pyrrole nitrogens is 1. The van der Waals surface area contributed by atoms with E-state index >= 15 is 0 Å². The van der Waals surface area contributed by atoms with Crippen molar-refractivity contribution in [3.8, 4) is 28.4 Å². The minimum Gasteiger partial charge on any atom is -0.493 e. The number of anilines is 2. The van der Waals surface area contributed by atoms with E-state index < -0.39 is 0 Å². The van der Waals surface area contributed by atoms with Gasteiger partial charge in [-0.15, -0.1) is 0 Å². The Kier molecular flexibility index (Phi) is 8.70. The molecule has 11 heteroatoms. The van der Waals surface area contributed by atoms with Crippen LogP contribution in [-0.4, -0.2) is 49.9 Å². The summed E-state index contributed by atoms with van der Waals surface area (Å²) >= 11 is 0. The highest BCUT2D eigenvalue weighted by molar-refractivity contribution is 5.90. The summed E-state index contributed by atoms with van der Waals surface area (Å²) < 4.78 is 17.0. The molecule has 0 saturated carbocycles. The second-order valence-electron chi connectivity index (χ2n) is 9.16. The van der Waals surface area contributed by atoms with Gasteiger partial charge in [0.2, 0.25) is 23.0 Å². The van der Waals surface area contributed by atoms with Crippen molar-refractivity contribution >= 4 is 23.2 Å². The molecule has 1 aromatic heterocycles. The zero-order valence-electron chi connectivity index (χ0n) is 22.5. The van der Waals surface area contributed by atoms with E-state index in [1.165, 1.54) is 13.1 Å². The fraction of sp³-hybridized carbons (Fsp3) is 0.357. The number of carbonyl (C=O) groups is 2. The van der Waals surface area contributed by atoms with E-state index in [0.717, 1.165) is 16.7 Å². The monoisotopic (exact) mass is 535 g/mol. The van der Waals surface area contributed by atoms with Crippen molar-refractivity contribution in [2.24, 2.45) is 0 Å². The Hall–Kier alpha value is -4.54. The molecular formula is C28H33N5O6. The summed E-state index contributed by atoms with van der Waals surface area (Å²) in [6, 6.07) is 6.68. The number of aromatic nitrogens is 2. The molecule has 0 fully saturated rings. The Bertz CT molecular complexity index is 1410. The van der Waals surface area contributed by atoms with Gasteiger partial charge in [0.15, 0.2) is 11.5 Å². The van der Waals surface area contributed by atoms with Crippen LogP contribution in [0.4, 0.5) is 11.4 Å². The quantitative estimate of drug-likeness (QED) is 0.289. The van der Waals surface area contributed by atoms with Crippen LogP contribution in [0, 0.1) is 0 Å². The average molecular weight is 536 g/mol. The highest BCUT2D eigenvalue weighted by Gasteiger charge is 2.29. The number of ether oxygens (including phenoxy) is 3. The van der Waals surface area contributed by atoms with Crippen molar-refractivity contribution < 1.29 is 23.8 Å². The third kappa shape index (κ3) is 6.14. The predicted octanol–water partition coefficient (Wildman–Crippen LogP) is 3.42. The van der Waals surface area contributed by atoms with Crippen LogP contribution >= 0.6 is 0 Å². The van der Waals surface area contributed by atoms with Crippen LogP contribution in [0.1, 0.15) is 43.4 Å². The van der Waals surface area contributed by atoms with E-state index in [2.05, 4.69) is 26.1 Å². The molecule has 2 amide bonds. The van der Waals surface area contributed by atoms with Gasteiger partial charge < -0.3 is 30.2 Å². The summed E-state index contributed by atoms with van der Waals surface area (Å²) in [4.78, 5) is 37.5. The van der Waals surface area contributed by atoms with Gasteiger partial charge in [0, 0.05) is 31.6 Å². The number of aryl methyl sites for hydroxylation is 1. The van der Waals surface area contributed by atoms with E-state index in [1.807, 2.05) is 12.1 Å². The lowest BCUT2D eigenvalue weighted by atomic mass is 9.95. The maximum atomic E-state index is 13.3. The van der Waals surface area contributed by atoms with Gasteiger partial charge in [-0.25, -0.2) is 0 Å². The van der Waals surface area contributed by atoms with Crippen LogP contribution in [0.5, 0.6) is 17.2 Å². The van der Waals surface area contributed by atoms with Gasteiger partial charge in [-0.2, -0.15) is 5.10 Å². The number of nitrogens with one attached hydrogen (secondary N) is 4. The van der Waals surface area contributed by atoms with Crippen molar-refractivity contribution in [3.63, 3.8) is 0 Å². The molecule has 11 nitrogen and oxygen atoms in total. The fourth-order valence-corrected chi connectivity index (χ4v) is 4.87. The lowest BCUT2D eigenvalue weighted by Gasteiger charge is -2.19. The molecule has 0 unspecified atom stereocenters. The first-order chi connectivity index (χ1) is 18.9. The van der Waals surface area contributed by atoms with E-state index in [-0.39, 0.29) is 29.7 Å². The zero-order chi connectivity index (χ0) is 27.9. The summed E-state index contributed by atoms with van der Waals surface area (Å²) in [5.74, 6) is 1.15. The molecule has 0 aliphatic heterocycles. The van der Waals surface area contributed by atoms with Crippen molar-refractivity contribution in [1.29, 1.82) is 0 Å². The number of nitrogens with zero attached hydrogens (tertiary/aromatic N) is 1. The molecule has 206 valence electrons. The molecule has 3 aromatic rings. The minimum atomic E-state index is -0.383. The Morgan fingerprint density at radius 1 is 1.10 bits per heavy atom. The molecule has 0 spiro atoms. The second kappa shape index (κ2) is 12.3. The zero-order valence-corrected chi connectivity index (χ0v) is 22.5. The van der Waals surface area contributed by atoms with Crippen molar-refractivity contribution in [1.82, 2.24) is 15.5 Å². The first-order valence-corrected chi connectivity index (χ1v) is 12.7. The first-order valence-electron chi connectivity index (χ1n) is 12.7. The Morgan fingerprint density at radius 2 is 1.90 bits per heavy atom. The summed E-state index contributed by atoms with van der Waals surface area (Å²) in [6.07, 6.45) is 5.12. The van der Waals surface area contributed by atoms with Gasteiger partial charge in [-0.3, -0.25) is 19.5 Å². The maximum Gasteiger partial charge on any atom is 0.224 e. The van der Waals surface area contributed by atoms with Gasteiger partial charge >= 0.3 is 0 Å². The number of hydrogen-bond acceptors (Lipinski definition) is 8. The molecule has 1 heterocycles. The second-order valence-corrected chi connectivity index (χ2v) is 9.16. The minimum absolute atomic E-state index is 0.142. The largest absolute Gasteiger partial charge is 0.493 e. The molecule has 1 aliphatic carbocycles. The number of rotatable bonds is 10. The van der Waals surface area contributed by atoms with E-state index in [4.69, 9.17) is 14.2 Å². The molecule has 1 atom stereocenters. The molecule has 4 N–H and O–H groups in total. The molecule has 4 rings (SSSR count). The van der Waals surface area contributed by atoms with Gasteiger partial charge in [-0.05, 0) is 54.2 Å². The number of carbonyl (C=O) groups excluding carboxylic acids is 2. The van der Waals surface area contributed by atoms with Crippen LogP contribution < -0.4 is 35.6 Å². The van der Waals surface area contributed by atoms with Crippen LogP contribution in [0.3, 0.4) is 0 Å². The van der Waals surface area contributed by atoms with Gasteiger partial charge in [0.1, 0.15) is 0 Å². The van der Waals surface area contributed by atoms with Gasteiger partial charge in [-0.1, -0.05) is 6.07 Å². The summed E-state index contributed by atoms with van der Waals surface area (Å²) in [5.41, 5.74) is 3.95. The fourth-order valence-electron chi connectivity index (χ4n) is 4.87. The maximum absolute atomic E-state index is 13.3. The highest BCUT2D eigenvalue weighted by Crippen LogP contribution is 2.50. The van der Waals surface area contributed by atoms with Crippen LogP contribution in [0.2, 0.25) is 0 Å². The molecule has 0 saturated heterocycles. The van der Waals surface area contributed by atoms with Crippen molar-refractivity contribution in [2.75, 3.05) is 38.5 Å². The summed E-state index contributed by atoms with van der Waals surface area (Å²) in [5, 5.41) is 15.4. The highest BCUT2D eigenvalue weighted by atomic mass is 16.5. The average Bonchev–Trinajstić information content (AvgIpc) is 3.32. The Labute approximate surface area is 226 Å². The molecule has 0 radical (unpaired) electrons. The van der Waals surface area contributed by atoms with E-state index in [1.54, 1.807) is 39.7 Å². The van der Waals surface area contributed by atoms with Crippen molar-refractivity contribution in [3.05, 3.63) is 58.0 Å². The van der Waals surface area contributed by atoms with Gasteiger partial charge in [0.05, 0.1) is 44.9 Å². The van der Waals surface area contributed by atoms with Crippen molar-refractivity contribution in [2.45, 2.75) is 38.6 Å². The van der Waals surface area contributed by atoms with Gasteiger partial charge in [0.25, 0.3) is 0 Å². The predicted molar refractivity (Wildman–Crippen MR) is 148 cm³/mol. The number of methoxy groups -OCH3 is 3. The lowest BCUT2D eigenvalue weighted by molar-refractivity contribution is -0.119. The SMILES string of the molecule is COc1cc2c(c(OC)c1OC)-c1ccc(NCCCC(=O)Nc3cn[nH]c3)c(=O)cc1[C@@H](NC(C)=O)CC2. The third-order valence-corrected chi connectivity index (χ3v) is 6.59. The Morgan fingerprint density at radius 3 is 2.56 bits per heavy atom. The molecule has 39 heavy (non-hydrogen) atoms. The third-order valence-electron chi connectivity index (χ3n) is 6.59. The number of benzene rings is 1. The molecule has 2 aromatic carbocycles. The van der Waals surface area contributed by atoms with E-state index in [0.29, 0.717) is 60.0 Å². The number of hydrogen-bond donors (Lipinski definition) is 4. The summed E-state index contributed by atoms with van der Waals surface area (Å²) in [7, 11) is 4.67. The molecular weight excluding hydrogens is 502 g/mol. The van der Waals surface area contributed by atoms with Crippen LogP contribution in [0.15, 0.2) is 41.5 Å². The summed E-state index contributed by atoms with van der Waals surface area (Å²) in [6.45, 7) is 1.88. The first kappa shape index (κ1) is 27.5. The normalized spacial score (nSPS) is 13.8. The molecule has 1 aliphatic rings. The number of aromatic amines is 1. The van der Waals surface area contributed by atoms with Crippen LogP contribution in [-0.2, 0) is 16.0 Å². The topological polar surface area (TPSA) is 144 Å². The standard InChI is InChI=1S/C28H33N5O6/c1-16(34)32-21-9-7-17-12-24(37-2)27(38-3)28(39-4)26(17)19-8-10-22(23(35)13-20(19)21)29-11-5-6-25(36)33-18-14-30-31-15-18/h8,10,12-15,21H,5-7,9,11H2,1-4H3,(H,29,35)(H,30,31)(H,32,34)(H,33,36)/t21-/m0/s1. The Balaban J connectivity index is 1.67. The lowest BCUT2D eigenvalue weighted by Crippen LogP contribution is -2.26. The molecule has 0 bridgehead atoms. The number of fused-ring (bicyclic) bond motifs is 3. The van der Waals surface area contributed by atoms with Crippen LogP contribution in [0.25, 0.3) is 11.1 Å². The number of amides is 2. The smallest absolute Gasteiger partial charge is 0.224 e.